The molecule has 0 N–H and O–H groups in total. The summed E-state index contributed by atoms with van der Waals surface area (Å²) in [5.41, 5.74) is 4.64. The molecule has 1 aromatic heterocycles. The summed E-state index contributed by atoms with van der Waals surface area (Å²) in [6.07, 6.45) is 0.697. The Balaban J connectivity index is 2.08. The van der Waals surface area contributed by atoms with Crippen molar-refractivity contribution >= 4 is 11.8 Å². The molecule has 126 valence electrons. The molecule has 25 heavy (non-hydrogen) atoms. The van der Waals surface area contributed by atoms with Crippen molar-refractivity contribution in [3.05, 3.63) is 71.0 Å². The summed E-state index contributed by atoms with van der Waals surface area (Å²) < 4.78 is 2.08. The average Bonchev–Trinajstić information content (AvgIpc) is 2.98. The lowest BCUT2D eigenvalue weighted by molar-refractivity contribution is 0.840. The lowest BCUT2D eigenvalue weighted by atomic mass is 10.1. The Hall–Kier alpha value is -2.58. The fourth-order valence-corrected chi connectivity index (χ4v) is 3.52. The minimum absolute atomic E-state index is 0.182. The molecule has 0 fully saturated rings. The Kier molecular flexibility index (Phi) is 5.20. The Morgan fingerprint density at radius 3 is 2.56 bits per heavy atom. The maximum absolute atomic E-state index is 9.16. The van der Waals surface area contributed by atoms with Crippen molar-refractivity contribution in [3.8, 4) is 11.8 Å². The van der Waals surface area contributed by atoms with Crippen LogP contribution in [0.3, 0.4) is 0 Å². The highest BCUT2D eigenvalue weighted by molar-refractivity contribution is 8.00. The van der Waals surface area contributed by atoms with Gasteiger partial charge in [-0.25, -0.2) is 0 Å². The van der Waals surface area contributed by atoms with Crippen LogP contribution in [0, 0.1) is 25.2 Å². The van der Waals surface area contributed by atoms with Gasteiger partial charge in [0.05, 0.1) is 17.0 Å². The lowest BCUT2D eigenvalue weighted by Crippen LogP contribution is -2.07. The fourth-order valence-electron chi connectivity index (χ4n) is 2.75. The highest BCUT2D eigenvalue weighted by atomic mass is 32.2. The third-order valence-electron chi connectivity index (χ3n) is 3.96. The molecule has 3 rings (SSSR count). The van der Waals surface area contributed by atoms with E-state index in [1.54, 1.807) is 0 Å². The Morgan fingerprint density at radius 2 is 1.88 bits per heavy atom. The van der Waals surface area contributed by atoms with Crippen LogP contribution in [0.1, 0.15) is 29.4 Å². The molecule has 0 saturated heterocycles. The quantitative estimate of drug-likeness (QED) is 0.638. The lowest BCUT2D eigenvalue weighted by Gasteiger charge is -2.14. The van der Waals surface area contributed by atoms with Crippen molar-refractivity contribution in [1.82, 2.24) is 14.8 Å². The van der Waals surface area contributed by atoms with Crippen LogP contribution in [0.4, 0.5) is 0 Å². The smallest absolute Gasteiger partial charge is 0.197 e. The van der Waals surface area contributed by atoms with Crippen molar-refractivity contribution in [2.24, 2.45) is 0 Å². The molecule has 1 unspecified atom stereocenters. The van der Waals surface area contributed by atoms with Crippen molar-refractivity contribution in [2.75, 3.05) is 0 Å². The molecular formula is C20H20N4S. The average molecular weight is 348 g/mol. The Bertz CT molecular complexity index is 909. The molecule has 0 amide bonds. The molecule has 1 heterocycles. The molecule has 0 bridgehead atoms. The number of aryl methyl sites for hydroxylation is 2. The largest absolute Gasteiger partial charge is 0.273 e. The summed E-state index contributed by atoms with van der Waals surface area (Å²) in [6, 6.07) is 18.9. The molecule has 2 aromatic carbocycles. The van der Waals surface area contributed by atoms with Gasteiger partial charge in [-0.2, -0.15) is 5.26 Å². The van der Waals surface area contributed by atoms with Crippen molar-refractivity contribution in [2.45, 2.75) is 37.6 Å². The van der Waals surface area contributed by atoms with Crippen LogP contribution in [0.2, 0.25) is 0 Å². The summed E-state index contributed by atoms with van der Waals surface area (Å²) >= 11 is 1.44. The molecule has 5 heteroatoms. The standard InChI is InChI=1S/C20H20N4S/c1-14-9-10-18(15(2)11-14)24-19(12-17-7-5-4-6-8-17)22-23-20(24)25-16(3)13-21/h4-11,16H,12H2,1-3H3. The number of nitrogens with zero attached hydrogens (tertiary/aromatic N) is 4. The number of thioether (sulfide) groups is 1. The topological polar surface area (TPSA) is 54.5 Å². The van der Waals surface area contributed by atoms with E-state index < -0.39 is 0 Å². The van der Waals surface area contributed by atoms with Gasteiger partial charge < -0.3 is 0 Å². The second-order valence-corrected chi connectivity index (χ2v) is 7.38. The monoisotopic (exact) mass is 348 g/mol. The van der Waals surface area contributed by atoms with Crippen LogP contribution >= 0.6 is 11.8 Å². The first-order valence-electron chi connectivity index (χ1n) is 8.20. The first-order chi connectivity index (χ1) is 12.1. The highest BCUT2D eigenvalue weighted by Gasteiger charge is 2.18. The summed E-state index contributed by atoms with van der Waals surface area (Å²) in [4.78, 5) is 0. The first-order valence-corrected chi connectivity index (χ1v) is 9.08. The summed E-state index contributed by atoms with van der Waals surface area (Å²) in [5, 5.41) is 18.5. The Labute approximate surface area is 152 Å². The van der Waals surface area contributed by atoms with Gasteiger partial charge in [-0.1, -0.05) is 59.8 Å². The zero-order chi connectivity index (χ0) is 17.8. The SMILES string of the molecule is Cc1ccc(-n2c(Cc3ccccc3)nnc2SC(C)C#N)c(C)c1. The van der Waals surface area contributed by atoms with E-state index in [1.807, 2.05) is 25.1 Å². The van der Waals surface area contributed by atoms with E-state index in [0.29, 0.717) is 6.42 Å². The maximum atomic E-state index is 9.16. The molecule has 0 aliphatic heterocycles. The van der Waals surface area contributed by atoms with Gasteiger partial charge in [0, 0.05) is 6.42 Å². The molecule has 0 spiro atoms. The zero-order valence-electron chi connectivity index (χ0n) is 14.6. The van der Waals surface area contributed by atoms with Gasteiger partial charge in [0.25, 0.3) is 0 Å². The number of rotatable bonds is 5. The number of aromatic nitrogens is 3. The predicted molar refractivity (Wildman–Crippen MR) is 101 cm³/mol. The molecule has 0 saturated carbocycles. The van der Waals surface area contributed by atoms with E-state index in [1.165, 1.54) is 28.5 Å². The molecular weight excluding hydrogens is 328 g/mol. The summed E-state index contributed by atoms with van der Waals surface area (Å²) in [7, 11) is 0. The van der Waals surface area contributed by atoms with Crippen LogP contribution in [0.15, 0.2) is 53.7 Å². The Morgan fingerprint density at radius 1 is 1.12 bits per heavy atom. The van der Waals surface area contributed by atoms with E-state index in [9.17, 15) is 0 Å². The predicted octanol–water partition coefficient (Wildman–Crippen LogP) is 4.48. The van der Waals surface area contributed by atoms with E-state index in [2.05, 4.69) is 65.0 Å². The van der Waals surface area contributed by atoms with E-state index >= 15 is 0 Å². The number of hydrogen-bond donors (Lipinski definition) is 0. The summed E-state index contributed by atoms with van der Waals surface area (Å²) in [5.74, 6) is 0.880. The van der Waals surface area contributed by atoms with Crippen LogP contribution < -0.4 is 0 Å². The minimum Gasteiger partial charge on any atom is -0.273 e. The third-order valence-corrected chi connectivity index (χ3v) is 4.90. The zero-order valence-corrected chi connectivity index (χ0v) is 15.4. The van der Waals surface area contributed by atoms with Gasteiger partial charge in [0.2, 0.25) is 0 Å². The molecule has 0 radical (unpaired) electrons. The van der Waals surface area contributed by atoms with Gasteiger partial charge >= 0.3 is 0 Å². The highest BCUT2D eigenvalue weighted by Crippen LogP contribution is 2.28. The normalized spacial score (nSPS) is 11.9. The van der Waals surface area contributed by atoms with Crippen molar-refractivity contribution < 1.29 is 0 Å². The summed E-state index contributed by atoms with van der Waals surface area (Å²) in [6.45, 7) is 6.06. The van der Waals surface area contributed by atoms with Gasteiger partial charge in [0.1, 0.15) is 5.82 Å². The van der Waals surface area contributed by atoms with Crippen LogP contribution in [-0.2, 0) is 6.42 Å². The first kappa shape index (κ1) is 17.2. The number of nitriles is 1. The van der Waals surface area contributed by atoms with Gasteiger partial charge in [-0.05, 0) is 38.0 Å². The minimum atomic E-state index is -0.182. The fraction of sp³-hybridized carbons (Fsp3) is 0.250. The molecule has 4 nitrogen and oxygen atoms in total. The van der Waals surface area contributed by atoms with Gasteiger partial charge in [-0.15, -0.1) is 10.2 Å². The van der Waals surface area contributed by atoms with Crippen LogP contribution in [-0.4, -0.2) is 20.0 Å². The molecule has 0 aliphatic carbocycles. The second-order valence-electron chi connectivity index (χ2n) is 6.08. The van der Waals surface area contributed by atoms with E-state index in [0.717, 1.165) is 16.7 Å². The number of benzene rings is 2. The molecule has 1 atom stereocenters. The number of hydrogen-bond acceptors (Lipinski definition) is 4. The maximum Gasteiger partial charge on any atom is 0.197 e. The van der Waals surface area contributed by atoms with Crippen molar-refractivity contribution in [1.29, 1.82) is 5.26 Å². The van der Waals surface area contributed by atoms with Crippen LogP contribution in [0.25, 0.3) is 5.69 Å². The van der Waals surface area contributed by atoms with Gasteiger partial charge in [0.15, 0.2) is 5.16 Å². The molecule has 3 aromatic rings. The molecule has 0 aliphatic rings. The van der Waals surface area contributed by atoms with Crippen molar-refractivity contribution in [3.63, 3.8) is 0 Å². The van der Waals surface area contributed by atoms with E-state index in [-0.39, 0.29) is 5.25 Å². The van der Waals surface area contributed by atoms with E-state index in [4.69, 9.17) is 5.26 Å². The van der Waals surface area contributed by atoms with Crippen LogP contribution in [0.5, 0.6) is 0 Å². The second kappa shape index (κ2) is 7.54. The third kappa shape index (κ3) is 3.92. The van der Waals surface area contributed by atoms with Gasteiger partial charge in [-0.3, -0.25) is 4.57 Å².